The van der Waals surface area contributed by atoms with Gasteiger partial charge in [0.05, 0.1) is 0 Å². The standard InChI is InChI=1S/C42H28.Na/c1-5-17-29(18-6-1)37-33-25-13-14-26-34(33)39(31-21-9-3-10-22-31)42-40(32-23-11-4-12-24-32)36-28-16-15-27-35(36)38(41(37)42)30-19-7-2-8-20-30;/h1-28H;. The second kappa shape index (κ2) is 11.7. The van der Waals surface area contributed by atoms with E-state index < -0.39 is 0 Å². The zero-order valence-corrected chi connectivity index (χ0v) is 26.2. The van der Waals surface area contributed by atoms with Gasteiger partial charge in [-0.15, -0.1) is 0 Å². The molecular formula is C42H28Na. The number of hydrogen-bond acceptors (Lipinski definition) is 0. The topological polar surface area (TPSA) is 0 Å². The van der Waals surface area contributed by atoms with Crippen LogP contribution in [0.3, 0.4) is 0 Å². The molecule has 0 nitrogen and oxygen atoms in total. The van der Waals surface area contributed by atoms with Crippen LogP contribution in [-0.4, -0.2) is 29.6 Å². The third kappa shape index (κ3) is 4.60. The molecule has 0 saturated heterocycles. The first-order chi connectivity index (χ1) is 20.9. The van der Waals surface area contributed by atoms with Crippen LogP contribution in [0.15, 0.2) is 170 Å². The molecule has 0 N–H and O–H groups in total. The van der Waals surface area contributed by atoms with E-state index in [4.69, 9.17) is 0 Å². The van der Waals surface area contributed by atoms with E-state index in [-0.39, 0.29) is 29.6 Å². The monoisotopic (exact) mass is 555 g/mol. The summed E-state index contributed by atoms with van der Waals surface area (Å²) in [7, 11) is 0. The van der Waals surface area contributed by atoms with E-state index in [1.807, 2.05) is 0 Å². The second-order valence-electron chi connectivity index (χ2n) is 10.8. The van der Waals surface area contributed by atoms with Gasteiger partial charge in [0.25, 0.3) is 0 Å². The van der Waals surface area contributed by atoms with Gasteiger partial charge in [0, 0.05) is 29.6 Å². The summed E-state index contributed by atoms with van der Waals surface area (Å²) < 4.78 is 0. The molecule has 0 amide bonds. The Morgan fingerprint density at radius 1 is 0.209 bits per heavy atom. The fraction of sp³-hybridized carbons (Fsp3) is 0. The minimum atomic E-state index is 0. The Bertz CT molecular complexity index is 1880. The van der Waals surface area contributed by atoms with Gasteiger partial charge in [-0.05, 0) is 76.8 Å². The van der Waals surface area contributed by atoms with E-state index in [0.717, 1.165) is 0 Å². The van der Waals surface area contributed by atoms with Gasteiger partial charge in [-0.1, -0.05) is 170 Å². The van der Waals surface area contributed by atoms with Crippen molar-refractivity contribution in [3.05, 3.63) is 170 Å². The van der Waals surface area contributed by atoms with Gasteiger partial charge in [-0.25, -0.2) is 0 Å². The summed E-state index contributed by atoms with van der Waals surface area (Å²) in [6.45, 7) is 0. The average Bonchev–Trinajstić information content (AvgIpc) is 3.07. The molecule has 1 heteroatoms. The molecule has 1 radical (unpaired) electrons. The molecular weight excluding hydrogens is 527 g/mol. The first kappa shape index (κ1) is 27.4. The summed E-state index contributed by atoms with van der Waals surface area (Å²) in [6, 6.07) is 61.7. The molecule has 8 rings (SSSR count). The van der Waals surface area contributed by atoms with Crippen LogP contribution in [0.2, 0.25) is 0 Å². The van der Waals surface area contributed by atoms with Crippen molar-refractivity contribution in [2.45, 2.75) is 0 Å². The molecule has 0 aromatic heterocycles. The quantitative estimate of drug-likeness (QED) is 0.150. The number of hydrogen-bond donors (Lipinski definition) is 0. The Balaban J connectivity index is 0.00000300. The fourth-order valence-electron chi connectivity index (χ4n) is 6.75. The van der Waals surface area contributed by atoms with Gasteiger partial charge in [-0.3, -0.25) is 0 Å². The van der Waals surface area contributed by atoms with Crippen molar-refractivity contribution >= 4 is 61.9 Å². The molecule has 0 bridgehead atoms. The Labute approximate surface area is 274 Å². The summed E-state index contributed by atoms with van der Waals surface area (Å²) in [6.07, 6.45) is 0. The maximum atomic E-state index is 2.30. The van der Waals surface area contributed by atoms with Gasteiger partial charge in [-0.2, -0.15) is 0 Å². The smallest absolute Gasteiger partial charge is 0 e. The summed E-state index contributed by atoms with van der Waals surface area (Å²) in [5, 5.41) is 7.65. The molecule has 0 atom stereocenters. The van der Waals surface area contributed by atoms with Crippen LogP contribution in [0.25, 0.3) is 76.8 Å². The minimum absolute atomic E-state index is 0. The predicted octanol–water partition coefficient (Wildman–Crippen LogP) is 11.4. The maximum Gasteiger partial charge on any atom is 0 e. The number of rotatable bonds is 4. The molecule has 0 aliphatic heterocycles. The van der Waals surface area contributed by atoms with Crippen molar-refractivity contribution in [2.75, 3.05) is 0 Å². The van der Waals surface area contributed by atoms with Crippen molar-refractivity contribution in [3.63, 3.8) is 0 Å². The number of fused-ring (bicyclic) bond motifs is 3. The van der Waals surface area contributed by atoms with Gasteiger partial charge >= 0.3 is 0 Å². The molecule has 0 aliphatic rings. The van der Waals surface area contributed by atoms with Crippen molar-refractivity contribution in [1.29, 1.82) is 0 Å². The van der Waals surface area contributed by atoms with E-state index in [2.05, 4.69) is 170 Å². The minimum Gasteiger partial charge on any atom is -0.0622 e. The zero-order valence-electron chi connectivity index (χ0n) is 24.2. The van der Waals surface area contributed by atoms with Crippen LogP contribution < -0.4 is 0 Å². The van der Waals surface area contributed by atoms with E-state index in [1.54, 1.807) is 0 Å². The van der Waals surface area contributed by atoms with Gasteiger partial charge in [0.2, 0.25) is 0 Å². The average molecular weight is 556 g/mol. The molecule has 0 unspecified atom stereocenters. The third-order valence-corrected chi connectivity index (χ3v) is 8.43. The Morgan fingerprint density at radius 3 is 0.605 bits per heavy atom. The zero-order chi connectivity index (χ0) is 27.9. The predicted molar refractivity (Wildman–Crippen MR) is 186 cm³/mol. The van der Waals surface area contributed by atoms with Crippen LogP contribution in [0.5, 0.6) is 0 Å². The molecule has 0 fully saturated rings. The molecule has 8 aromatic carbocycles. The first-order valence-corrected chi connectivity index (χ1v) is 14.5. The normalized spacial score (nSPS) is 11.1. The largest absolute Gasteiger partial charge is 0.0622 e. The first-order valence-electron chi connectivity index (χ1n) is 14.5. The van der Waals surface area contributed by atoms with Crippen LogP contribution >= 0.6 is 0 Å². The van der Waals surface area contributed by atoms with Crippen LogP contribution in [0, 0.1) is 0 Å². The van der Waals surface area contributed by atoms with Crippen LogP contribution in [-0.2, 0) is 0 Å². The fourth-order valence-corrected chi connectivity index (χ4v) is 6.75. The Kier molecular flexibility index (Phi) is 7.43. The molecule has 0 heterocycles. The molecule has 197 valence electrons. The summed E-state index contributed by atoms with van der Waals surface area (Å²) in [5.74, 6) is 0. The van der Waals surface area contributed by atoms with Gasteiger partial charge < -0.3 is 0 Å². The molecule has 0 saturated carbocycles. The molecule has 0 spiro atoms. The molecule has 0 aliphatic carbocycles. The summed E-state index contributed by atoms with van der Waals surface area (Å²) >= 11 is 0. The van der Waals surface area contributed by atoms with Crippen molar-refractivity contribution in [3.8, 4) is 44.5 Å². The molecule has 43 heavy (non-hydrogen) atoms. The van der Waals surface area contributed by atoms with E-state index >= 15 is 0 Å². The molecule has 8 aromatic rings. The second-order valence-corrected chi connectivity index (χ2v) is 10.8. The van der Waals surface area contributed by atoms with Crippen LogP contribution in [0.4, 0.5) is 0 Å². The van der Waals surface area contributed by atoms with Gasteiger partial charge in [0.15, 0.2) is 0 Å². The summed E-state index contributed by atoms with van der Waals surface area (Å²) in [5.41, 5.74) is 10.0. The van der Waals surface area contributed by atoms with E-state index in [0.29, 0.717) is 0 Å². The van der Waals surface area contributed by atoms with Crippen molar-refractivity contribution < 1.29 is 0 Å². The van der Waals surface area contributed by atoms with E-state index in [9.17, 15) is 0 Å². The van der Waals surface area contributed by atoms with Gasteiger partial charge in [0.1, 0.15) is 0 Å². The third-order valence-electron chi connectivity index (χ3n) is 8.43. The summed E-state index contributed by atoms with van der Waals surface area (Å²) in [4.78, 5) is 0. The Hall–Kier alpha value is -4.46. The maximum absolute atomic E-state index is 2.30. The van der Waals surface area contributed by atoms with Crippen molar-refractivity contribution in [1.82, 2.24) is 0 Å². The van der Waals surface area contributed by atoms with E-state index in [1.165, 1.54) is 76.8 Å². The Morgan fingerprint density at radius 2 is 0.395 bits per heavy atom. The number of benzene rings is 8. The SMILES string of the molecule is [Na].c1ccc(-c2c3ccccc3c(-c3ccccc3)c3c(-c4ccccc4)c4ccccc4c(-c4ccccc4)c23)cc1. The van der Waals surface area contributed by atoms with Crippen LogP contribution in [0.1, 0.15) is 0 Å². The van der Waals surface area contributed by atoms with Crippen molar-refractivity contribution in [2.24, 2.45) is 0 Å².